The van der Waals surface area contributed by atoms with Gasteiger partial charge in [0.25, 0.3) is 0 Å². The molecule has 0 aliphatic rings. The van der Waals surface area contributed by atoms with Crippen LogP contribution >= 0.6 is 77.4 Å². The zero-order chi connectivity index (χ0) is 36.3. The molecule has 51 heavy (non-hydrogen) atoms. The van der Waals surface area contributed by atoms with Crippen LogP contribution in [0, 0.1) is 0 Å². The van der Waals surface area contributed by atoms with Crippen LogP contribution < -0.4 is 88.7 Å². The van der Waals surface area contributed by atoms with Gasteiger partial charge in [-0.1, -0.05) is 68.9 Å². The van der Waals surface area contributed by atoms with E-state index in [0.29, 0.717) is 64.5 Å². The van der Waals surface area contributed by atoms with Crippen LogP contribution in [0.4, 0.5) is 0 Å². The Bertz CT molecular complexity index is 934. The molecule has 30 heteroatoms. The Kier molecular flexibility index (Phi) is 82.6. The Morgan fingerprint density at radius 3 is 0.980 bits per heavy atom. The van der Waals surface area contributed by atoms with Gasteiger partial charge in [0.2, 0.25) is 0 Å². The van der Waals surface area contributed by atoms with Gasteiger partial charge in [0.1, 0.15) is 18.3 Å². The summed E-state index contributed by atoms with van der Waals surface area (Å²) < 4.78 is 85.2. The molecule has 0 amide bonds. The fourth-order valence-electron chi connectivity index (χ4n) is 2.14. The molecule has 0 aromatic rings. The molecular formula is C21H45Na3O17S10. The van der Waals surface area contributed by atoms with Crippen molar-refractivity contribution in [2.24, 2.45) is 0 Å². The molecule has 0 fully saturated rings. The number of rotatable bonds is 26. The molecule has 0 aliphatic heterocycles. The number of carbonyl (C=O) groups is 3. The van der Waals surface area contributed by atoms with Crippen molar-refractivity contribution in [1.29, 1.82) is 0 Å². The van der Waals surface area contributed by atoms with E-state index >= 15 is 0 Å². The van der Waals surface area contributed by atoms with Gasteiger partial charge in [0.05, 0.1) is 30.6 Å². The van der Waals surface area contributed by atoms with Crippen LogP contribution in [0.5, 0.6) is 0 Å². The van der Waals surface area contributed by atoms with Crippen LogP contribution in [0.25, 0.3) is 0 Å². The van der Waals surface area contributed by atoms with Crippen molar-refractivity contribution in [2.75, 3.05) is 40.3 Å². The minimum absolute atomic E-state index is 0. The molecule has 17 nitrogen and oxygen atoms in total. The summed E-state index contributed by atoms with van der Waals surface area (Å²) in [6.07, 6.45) is 8.03. The van der Waals surface area contributed by atoms with Gasteiger partial charge in [-0.05, 0) is 47.3 Å². The number of carboxylic acid groups (broad SMARTS) is 3. The standard InChI is InChI=1S/C12H22O4S4.C6H14O6S4.C3H6O2S.3Na.H2O3S.2H2O/c13-11(14)5-9-19-17-7-3-1-2-4-8-18-20-10-6-12(15)16;7-15(8,9)13-5-3-1-2-4-6-14-16(10,11)12;4-3(5)1-2-6;;;;1-4(2)3;;/h1-10H2,(H,13,14)(H,15,16);1-6H2,(H,7,8,9)(H,10,11,12);6H,1-2H2,(H,4,5);;;;(H2,1,2,3);2*1H2/q;;;3*+1;;;/p-3. The van der Waals surface area contributed by atoms with Crippen molar-refractivity contribution in [1.82, 2.24) is 0 Å². The number of thiol groups is 1. The molecular weight excluding hydrogens is 914 g/mol. The van der Waals surface area contributed by atoms with E-state index in [9.17, 15) is 40.3 Å². The summed E-state index contributed by atoms with van der Waals surface area (Å²) in [5, 5.41) is 24.8. The monoisotopic (exact) mass is 958 g/mol. The average Bonchev–Trinajstić information content (AvgIpc) is 2.89. The third-order valence-corrected chi connectivity index (χ3v) is 13.4. The van der Waals surface area contributed by atoms with E-state index in [1.165, 1.54) is 25.7 Å². The van der Waals surface area contributed by atoms with E-state index in [0.717, 1.165) is 11.5 Å². The molecule has 0 saturated carbocycles. The zero-order valence-corrected chi connectivity index (χ0v) is 42.9. The first-order valence-corrected chi connectivity index (χ1v) is 25.5. The van der Waals surface area contributed by atoms with E-state index in [1.54, 1.807) is 43.2 Å². The van der Waals surface area contributed by atoms with E-state index in [1.807, 2.05) is 0 Å². The summed E-state index contributed by atoms with van der Waals surface area (Å²) in [4.78, 5) is 30.1. The molecule has 294 valence electrons. The molecule has 0 heterocycles. The van der Waals surface area contributed by atoms with Gasteiger partial charge < -0.3 is 44.5 Å². The maximum atomic E-state index is 10.3. The van der Waals surface area contributed by atoms with Gasteiger partial charge in [-0.2, -0.15) is 12.6 Å². The summed E-state index contributed by atoms with van der Waals surface area (Å²) in [5.41, 5.74) is 0. The third-order valence-electron chi connectivity index (χ3n) is 3.99. The fourth-order valence-corrected chi connectivity index (χ4v) is 9.57. The first kappa shape index (κ1) is 75.5. The van der Waals surface area contributed by atoms with Crippen LogP contribution in [-0.2, 0) is 44.0 Å². The molecule has 8 N–H and O–H groups in total. The van der Waals surface area contributed by atoms with Crippen LogP contribution in [-0.4, -0.2) is 124 Å². The van der Waals surface area contributed by atoms with E-state index < -0.39 is 47.6 Å². The van der Waals surface area contributed by atoms with Crippen molar-refractivity contribution in [3.8, 4) is 0 Å². The maximum absolute atomic E-state index is 10.3. The van der Waals surface area contributed by atoms with Crippen molar-refractivity contribution < 1.29 is 169 Å². The molecule has 0 rings (SSSR count). The van der Waals surface area contributed by atoms with Crippen molar-refractivity contribution in [3.63, 3.8) is 0 Å². The van der Waals surface area contributed by atoms with Gasteiger partial charge in [0.15, 0.2) is 0 Å². The average molecular weight is 959 g/mol. The van der Waals surface area contributed by atoms with Gasteiger partial charge in [-0.3, -0.25) is 14.4 Å². The second kappa shape index (κ2) is 55.8. The Morgan fingerprint density at radius 1 is 0.549 bits per heavy atom. The Hall–Kier alpha value is 3.67. The van der Waals surface area contributed by atoms with Crippen molar-refractivity contribution >= 4 is 125 Å². The van der Waals surface area contributed by atoms with Gasteiger partial charge in [0, 0.05) is 40.3 Å². The van der Waals surface area contributed by atoms with Crippen LogP contribution in [0.15, 0.2) is 0 Å². The maximum Gasteiger partial charge on any atom is 1.00 e. The number of aliphatic carboxylic acids is 3. The number of hydrogen-bond donors (Lipinski definition) is 5. The van der Waals surface area contributed by atoms with Crippen LogP contribution in [0.1, 0.15) is 70.6 Å². The van der Waals surface area contributed by atoms with Gasteiger partial charge in [-0.15, -0.1) is 0 Å². The van der Waals surface area contributed by atoms with E-state index in [4.69, 9.17) is 28.6 Å². The quantitative estimate of drug-likeness (QED) is 0.0135. The minimum Gasteiger partial charge on any atom is -0.750 e. The molecule has 0 spiro atoms. The number of unbranched alkanes of at least 4 members (excludes halogenated alkanes) is 6. The predicted molar refractivity (Wildman–Crippen MR) is 200 cm³/mol. The SMILES string of the molecule is O.O.O=C(O)CCS.O=C(O)CCSSCCCCCCSSCCC(=O)O.O=S(=O)([O-])SCCCCCCSS(=O)(=O)[O-].O=S([O-])O.[Na+].[Na+].[Na+]. The van der Waals surface area contributed by atoms with Crippen LogP contribution in [0.2, 0.25) is 0 Å². The molecule has 0 aromatic carbocycles. The van der Waals surface area contributed by atoms with Crippen LogP contribution in [0.3, 0.4) is 0 Å². The smallest absolute Gasteiger partial charge is 0.750 e. The minimum atomic E-state index is -4.20. The Labute approximate surface area is 398 Å². The molecule has 1 atom stereocenters. The predicted octanol–water partition coefficient (Wildman–Crippen LogP) is -5.72. The molecule has 0 aliphatic carbocycles. The fraction of sp³-hybridized carbons (Fsp3) is 0.857. The first-order chi connectivity index (χ1) is 21.3. The molecule has 0 aromatic heterocycles. The summed E-state index contributed by atoms with van der Waals surface area (Å²) in [6.45, 7) is 0. The number of carboxylic acids is 3. The van der Waals surface area contributed by atoms with E-state index in [-0.39, 0.29) is 130 Å². The largest absolute Gasteiger partial charge is 1.00 e. The normalized spacial score (nSPS) is 10.4. The Balaban J connectivity index is -0.0000000730. The van der Waals surface area contributed by atoms with Gasteiger partial charge in [-0.25, -0.2) is 21.0 Å². The summed E-state index contributed by atoms with van der Waals surface area (Å²) in [7, 11) is -0.858. The molecule has 1 unspecified atom stereocenters. The first-order valence-electron chi connectivity index (χ1n) is 13.1. The summed E-state index contributed by atoms with van der Waals surface area (Å²) >= 11 is 0.818. The van der Waals surface area contributed by atoms with Gasteiger partial charge >= 0.3 is 107 Å². The molecule has 0 saturated heterocycles. The van der Waals surface area contributed by atoms with E-state index in [2.05, 4.69) is 12.6 Å². The van der Waals surface area contributed by atoms with Crippen molar-refractivity contribution in [2.45, 2.75) is 70.6 Å². The summed E-state index contributed by atoms with van der Waals surface area (Å²) in [6, 6.07) is 0. The second-order valence-electron chi connectivity index (χ2n) is 7.95. The third kappa shape index (κ3) is 107. The molecule has 0 radical (unpaired) electrons. The second-order valence-corrected chi connectivity index (χ2v) is 21.0. The van der Waals surface area contributed by atoms with Crippen molar-refractivity contribution in [3.05, 3.63) is 0 Å². The zero-order valence-electron chi connectivity index (χ0n) is 28.6. The summed E-state index contributed by atoms with van der Waals surface area (Å²) in [5.74, 6) is 2.23. The number of hydrogen-bond acceptors (Lipinski definition) is 18. The molecule has 0 bridgehead atoms. The Morgan fingerprint density at radius 2 is 0.784 bits per heavy atom. The topological polar surface area (TPSA) is 350 Å².